The molecule has 0 saturated heterocycles. The predicted molar refractivity (Wildman–Crippen MR) is 109 cm³/mol. The minimum atomic E-state index is -3.18. The smallest absolute Gasteiger partial charge is 0.193 e. The summed E-state index contributed by atoms with van der Waals surface area (Å²) in [6.07, 6.45) is 0. The second kappa shape index (κ2) is 10.0. The molecule has 0 spiro atoms. The van der Waals surface area contributed by atoms with Gasteiger partial charge in [0.25, 0.3) is 0 Å². The van der Waals surface area contributed by atoms with Gasteiger partial charge in [-0.3, -0.25) is 4.99 Å². The zero-order valence-corrected chi connectivity index (χ0v) is 17.8. The SMILES string of the molecule is CCNC(=NCCS(=O)(=O)C(C)(C)C)N(C)CCOc1cccc(Cl)c1. The molecule has 0 amide bonds. The quantitative estimate of drug-likeness (QED) is 0.533. The van der Waals surface area contributed by atoms with E-state index in [1.165, 1.54) is 0 Å². The van der Waals surface area contributed by atoms with Crippen LogP contribution < -0.4 is 10.1 Å². The summed E-state index contributed by atoms with van der Waals surface area (Å²) >= 11 is 5.94. The first-order chi connectivity index (χ1) is 12.1. The van der Waals surface area contributed by atoms with E-state index in [1.54, 1.807) is 32.9 Å². The van der Waals surface area contributed by atoms with Crippen molar-refractivity contribution in [2.24, 2.45) is 4.99 Å². The Morgan fingerprint density at radius 1 is 1.35 bits per heavy atom. The molecule has 0 aliphatic heterocycles. The Bertz CT molecular complexity index is 700. The van der Waals surface area contributed by atoms with Gasteiger partial charge in [-0.2, -0.15) is 0 Å². The average molecular weight is 404 g/mol. The normalized spacial score (nSPS) is 12.8. The lowest BCUT2D eigenvalue weighted by atomic mass is 10.3. The zero-order chi connectivity index (χ0) is 19.8. The Hall–Kier alpha value is -1.47. The third-order valence-corrected chi connectivity index (χ3v) is 6.56. The van der Waals surface area contributed by atoms with E-state index in [2.05, 4.69) is 10.3 Å². The van der Waals surface area contributed by atoms with Crippen molar-refractivity contribution in [3.8, 4) is 5.75 Å². The van der Waals surface area contributed by atoms with Crippen LogP contribution in [0.2, 0.25) is 5.02 Å². The third-order valence-electron chi connectivity index (χ3n) is 3.74. The molecule has 148 valence electrons. The van der Waals surface area contributed by atoms with E-state index >= 15 is 0 Å². The average Bonchev–Trinajstić information content (AvgIpc) is 2.53. The van der Waals surface area contributed by atoms with Crippen LogP contribution in [0.25, 0.3) is 0 Å². The number of sulfone groups is 1. The summed E-state index contributed by atoms with van der Waals surface area (Å²) in [6.45, 7) is 9.07. The number of nitrogens with zero attached hydrogens (tertiary/aromatic N) is 2. The van der Waals surface area contributed by atoms with Crippen LogP contribution in [-0.4, -0.2) is 63.1 Å². The van der Waals surface area contributed by atoms with Crippen LogP contribution >= 0.6 is 11.6 Å². The van der Waals surface area contributed by atoms with Crippen molar-refractivity contribution >= 4 is 27.4 Å². The molecule has 0 bridgehead atoms. The maximum atomic E-state index is 12.2. The summed E-state index contributed by atoms with van der Waals surface area (Å²) in [6, 6.07) is 7.24. The topological polar surface area (TPSA) is 71.0 Å². The lowest BCUT2D eigenvalue weighted by molar-refractivity contribution is 0.281. The van der Waals surface area contributed by atoms with Gasteiger partial charge in [0.1, 0.15) is 12.4 Å². The molecule has 8 heteroatoms. The fourth-order valence-corrected chi connectivity index (χ4v) is 3.14. The van der Waals surface area contributed by atoms with Crippen molar-refractivity contribution in [1.29, 1.82) is 0 Å². The van der Waals surface area contributed by atoms with Crippen LogP contribution in [0.15, 0.2) is 29.3 Å². The van der Waals surface area contributed by atoms with Gasteiger partial charge in [0, 0.05) is 18.6 Å². The molecule has 1 aromatic carbocycles. The van der Waals surface area contributed by atoms with Crippen LogP contribution in [-0.2, 0) is 9.84 Å². The van der Waals surface area contributed by atoms with Crippen LogP contribution in [0.4, 0.5) is 0 Å². The number of aliphatic imine (C=N–C) groups is 1. The van der Waals surface area contributed by atoms with Crippen molar-refractivity contribution in [2.75, 3.05) is 39.0 Å². The molecule has 26 heavy (non-hydrogen) atoms. The first kappa shape index (κ1) is 22.6. The molecule has 0 radical (unpaired) electrons. The van der Waals surface area contributed by atoms with Gasteiger partial charge in [-0.15, -0.1) is 0 Å². The molecule has 1 rings (SSSR count). The highest BCUT2D eigenvalue weighted by molar-refractivity contribution is 7.92. The van der Waals surface area contributed by atoms with Gasteiger partial charge in [-0.25, -0.2) is 8.42 Å². The summed E-state index contributed by atoms with van der Waals surface area (Å²) < 4.78 is 29.3. The van der Waals surface area contributed by atoms with Gasteiger partial charge in [-0.1, -0.05) is 17.7 Å². The largest absolute Gasteiger partial charge is 0.492 e. The number of halogens is 1. The van der Waals surface area contributed by atoms with E-state index in [0.29, 0.717) is 36.4 Å². The summed E-state index contributed by atoms with van der Waals surface area (Å²) in [5.41, 5.74) is 0. The van der Waals surface area contributed by atoms with E-state index in [1.807, 2.05) is 31.0 Å². The number of nitrogens with one attached hydrogen (secondary N) is 1. The van der Waals surface area contributed by atoms with E-state index in [9.17, 15) is 8.42 Å². The number of rotatable bonds is 8. The third kappa shape index (κ3) is 7.41. The fourth-order valence-electron chi connectivity index (χ4n) is 2.01. The molecule has 0 aromatic heterocycles. The Morgan fingerprint density at radius 2 is 2.04 bits per heavy atom. The molecule has 0 aliphatic carbocycles. The number of hydrogen-bond donors (Lipinski definition) is 1. The van der Waals surface area contributed by atoms with Gasteiger partial charge < -0.3 is 15.0 Å². The minimum absolute atomic E-state index is 0.0260. The fraction of sp³-hybridized carbons (Fsp3) is 0.611. The molecule has 0 unspecified atom stereocenters. The molecular formula is C18H30ClN3O3S. The molecule has 0 saturated carbocycles. The highest BCUT2D eigenvalue weighted by Gasteiger charge is 2.28. The van der Waals surface area contributed by atoms with E-state index in [4.69, 9.17) is 16.3 Å². The van der Waals surface area contributed by atoms with Crippen LogP contribution in [0.1, 0.15) is 27.7 Å². The molecule has 1 aromatic rings. The summed E-state index contributed by atoms with van der Waals surface area (Å²) in [5.74, 6) is 1.40. The lowest BCUT2D eigenvalue weighted by Gasteiger charge is -2.23. The maximum absolute atomic E-state index is 12.2. The second-order valence-electron chi connectivity index (χ2n) is 6.89. The highest BCUT2D eigenvalue weighted by Crippen LogP contribution is 2.17. The first-order valence-electron chi connectivity index (χ1n) is 8.67. The van der Waals surface area contributed by atoms with Crippen molar-refractivity contribution in [1.82, 2.24) is 10.2 Å². The molecule has 0 heterocycles. The molecular weight excluding hydrogens is 374 g/mol. The number of likely N-dealkylation sites (N-methyl/N-ethyl adjacent to an activating group) is 1. The molecule has 0 atom stereocenters. The van der Waals surface area contributed by atoms with Gasteiger partial charge in [0.05, 0.1) is 23.6 Å². The summed E-state index contributed by atoms with van der Waals surface area (Å²) in [5, 5.41) is 3.80. The van der Waals surface area contributed by atoms with E-state index < -0.39 is 14.6 Å². The number of benzene rings is 1. The van der Waals surface area contributed by atoms with Crippen LogP contribution in [0.5, 0.6) is 5.75 Å². The minimum Gasteiger partial charge on any atom is -0.492 e. The van der Waals surface area contributed by atoms with E-state index in [0.717, 1.165) is 0 Å². The van der Waals surface area contributed by atoms with E-state index in [-0.39, 0.29) is 12.3 Å². The lowest BCUT2D eigenvalue weighted by Crippen LogP contribution is -2.41. The Morgan fingerprint density at radius 3 is 2.62 bits per heavy atom. The van der Waals surface area contributed by atoms with Crippen molar-refractivity contribution < 1.29 is 13.2 Å². The summed E-state index contributed by atoms with van der Waals surface area (Å²) in [7, 11) is -1.29. The predicted octanol–water partition coefficient (Wildman–Crippen LogP) is 2.83. The Balaban J connectivity index is 2.58. The highest BCUT2D eigenvalue weighted by atomic mass is 35.5. The van der Waals surface area contributed by atoms with Gasteiger partial charge in [0.2, 0.25) is 0 Å². The molecule has 0 aliphatic rings. The monoisotopic (exact) mass is 403 g/mol. The molecule has 6 nitrogen and oxygen atoms in total. The Labute approximate surface area is 162 Å². The van der Waals surface area contributed by atoms with Crippen LogP contribution in [0.3, 0.4) is 0 Å². The molecule has 0 fully saturated rings. The second-order valence-corrected chi connectivity index (χ2v) is 10.2. The van der Waals surface area contributed by atoms with Crippen molar-refractivity contribution in [3.05, 3.63) is 29.3 Å². The number of ether oxygens (including phenoxy) is 1. The van der Waals surface area contributed by atoms with Gasteiger partial charge in [-0.05, 0) is 45.9 Å². The maximum Gasteiger partial charge on any atom is 0.193 e. The first-order valence-corrected chi connectivity index (χ1v) is 10.7. The van der Waals surface area contributed by atoms with Crippen molar-refractivity contribution in [3.63, 3.8) is 0 Å². The van der Waals surface area contributed by atoms with Crippen molar-refractivity contribution in [2.45, 2.75) is 32.4 Å². The van der Waals surface area contributed by atoms with Gasteiger partial charge in [0.15, 0.2) is 15.8 Å². The summed E-state index contributed by atoms with van der Waals surface area (Å²) in [4.78, 5) is 6.34. The van der Waals surface area contributed by atoms with Gasteiger partial charge >= 0.3 is 0 Å². The zero-order valence-electron chi connectivity index (χ0n) is 16.3. The number of hydrogen-bond acceptors (Lipinski definition) is 4. The number of guanidine groups is 1. The molecule has 1 N–H and O–H groups in total. The Kier molecular flexibility index (Phi) is 8.70. The van der Waals surface area contributed by atoms with Crippen LogP contribution in [0, 0.1) is 0 Å². The standard InChI is InChI=1S/C18H30ClN3O3S/c1-6-20-17(21-10-13-26(23,24)18(2,3)4)22(5)11-12-25-16-9-7-8-15(19)14-16/h7-9,14H,6,10-13H2,1-5H3,(H,20,21).